The highest BCUT2D eigenvalue weighted by molar-refractivity contribution is 5.94. The van der Waals surface area contributed by atoms with E-state index in [-0.39, 0.29) is 46.9 Å². The second-order valence-electron chi connectivity index (χ2n) is 11.4. The Morgan fingerprint density at radius 2 is 1.95 bits per heavy atom. The minimum Gasteiger partial charge on any atom is -0.392 e. The third-order valence-corrected chi connectivity index (χ3v) is 9.03. The summed E-state index contributed by atoms with van der Waals surface area (Å²) in [7, 11) is 1.81. The summed E-state index contributed by atoms with van der Waals surface area (Å²) in [6, 6.07) is 12.5. The number of rotatable bonds is 6. The number of aliphatic hydroxyl groups is 1. The Labute approximate surface area is 219 Å². The van der Waals surface area contributed by atoms with Crippen LogP contribution in [0.15, 0.2) is 48.8 Å². The van der Waals surface area contributed by atoms with Crippen LogP contribution < -0.4 is 5.32 Å². The lowest BCUT2D eigenvalue weighted by Gasteiger charge is -2.56. The van der Waals surface area contributed by atoms with Crippen molar-refractivity contribution < 1.29 is 14.7 Å². The van der Waals surface area contributed by atoms with Crippen LogP contribution in [0, 0.1) is 40.4 Å². The number of benzene rings is 1. The molecule has 4 rings (SSSR count). The second-order valence-corrected chi connectivity index (χ2v) is 11.4. The van der Waals surface area contributed by atoms with Crippen LogP contribution in [-0.4, -0.2) is 46.0 Å². The number of hydrogen-bond acceptors (Lipinski definition) is 5. The topological polar surface area (TPSA) is 106 Å². The van der Waals surface area contributed by atoms with E-state index in [1.54, 1.807) is 41.6 Å². The smallest absolute Gasteiger partial charge is 0.251 e. The molecule has 1 heterocycles. The maximum absolute atomic E-state index is 13.3. The van der Waals surface area contributed by atoms with Gasteiger partial charge < -0.3 is 15.3 Å². The number of hydrogen-bond donors (Lipinski definition) is 2. The zero-order chi connectivity index (χ0) is 26.7. The first-order valence-electron chi connectivity index (χ1n) is 13.3. The summed E-state index contributed by atoms with van der Waals surface area (Å²) >= 11 is 0. The van der Waals surface area contributed by atoms with Gasteiger partial charge in [0, 0.05) is 43.5 Å². The fourth-order valence-electron chi connectivity index (χ4n) is 6.82. The molecule has 2 aromatic rings. The first-order valence-corrected chi connectivity index (χ1v) is 13.3. The van der Waals surface area contributed by atoms with Crippen LogP contribution in [0.3, 0.4) is 0 Å². The number of aliphatic hydroxyl groups excluding tert-OH is 1. The van der Waals surface area contributed by atoms with Crippen molar-refractivity contribution in [1.82, 2.24) is 15.2 Å². The predicted octanol–water partition coefficient (Wildman–Crippen LogP) is 4.17. The first-order chi connectivity index (χ1) is 17.6. The standard InChI is InChI=1S/C30H38N4O3/c1-19(29(37)34(4)18-22-6-5-15-32-17-22)24-11-13-30(3)14-12-25(20(2)26(30)27(24)35)33-28(36)23-9-7-21(16-31)8-10-23/h5-10,15,17,19-20,24-27,35H,11-14,18H2,1-4H3,(H,33,36)/t19-,20+,24?,25-,26+,27-,30-/m0/s1. The largest absolute Gasteiger partial charge is 0.392 e. The van der Waals surface area contributed by atoms with E-state index < -0.39 is 6.10 Å². The summed E-state index contributed by atoms with van der Waals surface area (Å²) in [5.74, 6) is -0.503. The molecule has 0 saturated heterocycles. The van der Waals surface area contributed by atoms with Gasteiger partial charge >= 0.3 is 0 Å². The van der Waals surface area contributed by atoms with Crippen molar-refractivity contribution in [2.75, 3.05) is 7.05 Å². The van der Waals surface area contributed by atoms with Gasteiger partial charge in [0.15, 0.2) is 0 Å². The molecule has 2 aliphatic rings. The van der Waals surface area contributed by atoms with E-state index in [0.29, 0.717) is 17.7 Å². The lowest BCUT2D eigenvalue weighted by Crippen LogP contribution is -2.58. The normalized spacial score (nSPS) is 29.9. The van der Waals surface area contributed by atoms with Crippen molar-refractivity contribution >= 4 is 11.8 Å². The van der Waals surface area contributed by atoms with Crippen molar-refractivity contribution in [1.29, 1.82) is 5.26 Å². The van der Waals surface area contributed by atoms with E-state index in [4.69, 9.17) is 5.26 Å². The van der Waals surface area contributed by atoms with Crippen LogP contribution in [0.4, 0.5) is 0 Å². The number of carbonyl (C=O) groups excluding carboxylic acids is 2. The van der Waals surface area contributed by atoms with Crippen molar-refractivity contribution in [3.05, 3.63) is 65.5 Å². The average molecular weight is 503 g/mol. The van der Waals surface area contributed by atoms with Crippen LogP contribution in [0.2, 0.25) is 0 Å². The summed E-state index contributed by atoms with van der Waals surface area (Å²) < 4.78 is 0. The first kappa shape index (κ1) is 26.8. The highest BCUT2D eigenvalue weighted by Gasteiger charge is 2.54. The molecule has 37 heavy (non-hydrogen) atoms. The van der Waals surface area contributed by atoms with Crippen LogP contribution in [0.1, 0.15) is 67.9 Å². The zero-order valence-electron chi connectivity index (χ0n) is 22.2. The summed E-state index contributed by atoms with van der Waals surface area (Å²) in [6.07, 6.45) is 6.43. The van der Waals surface area contributed by atoms with Crippen LogP contribution in [-0.2, 0) is 11.3 Å². The third-order valence-electron chi connectivity index (χ3n) is 9.03. The van der Waals surface area contributed by atoms with E-state index >= 15 is 0 Å². The molecule has 2 saturated carbocycles. The SMILES string of the molecule is C[C@H]1[C@@H]2[C@@H](O)C([C@H](C)C(=O)N(C)Cc3cccnc3)CC[C@@]2(C)CC[C@@H]1NC(=O)c1ccc(C#N)cc1. The summed E-state index contributed by atoms with van der Waals surface area (Å²) in [6.45, 7) is 6.81. The molecular formula is C30H38N4O3. The van der Waals surface area contributed by atoms with Gasteiger partial charge in [0.1, 0.15) is 0 Å². The Balaban J connectivity index is 1.44. The van der Waals surface area contributed by atoms with Gasteiger partial charge in [-0.3, -0.25) is 14.6 Å². The van der Waals surface area contributed by atoms with Gasteiger partial charge in [-0.1, -0.05) is 26.8 Å². The number of nitrogens with zero attached hydrogens (tertiary/aromatic N) is 3. The molecule has 0 radical (unpaired) electrons. The van der Waals surface area contributed by atoms with E-state index in [2.05, 4.69) is 30.2 Å². The molecule has 7 heteroatoms. The Bertz CT molecular complexity index is 1150. The molecule has 7 atom stereocenters. The molecule has 7 nitrogen and oxygen atoms in total. The second kappa shape index (κ2) is 11.0. The molecular weight excluding hydrogens is 464 g/mol. The number of nitrogens with one attached hydrogen (secondary N) is 1. The monoisotopic (exact) mass is 502 g/mol. The third kappa shape index (κ3) is 5.55. The van der Waals surface area contributed by atoms with Gasteiger partial charge in [-0.2, -0.15) is 5.26 Å². The number of aromatic nitrogens is 1. The minimum absolute atomic E-state index is 0.00913. The van der Waals surface area contributed by atoms with Gasteiger partial charge in [-0.25, -0.2) is 0 Å². The average Bonchev–Trinajstić information content (AvgIpc) is 2.90. The van der Waals surface area contributed by atoms with Crippen LogP contribution in [0.25, 0.3) is 0 Å². The molecule has 2 fully saturated rings. The molecule has 0 bridgehead atoms. The van der Waals surface area contributed by atoms with E-state index in [0.717, 1.165) is 31.2 Å². The number of amides is 2. The maximum Gasteiger partial charge on any atom is 0.251 e. The van der Waals surface area contributed by atoms with Crippen molar-refractivity contribution in [3.8, 4) is 6.07 Å². The van der Waals surface area contributed by atoms with Gasteiger partial charge in [-0.05, 0) is 84.7 Å². The predicted molar refractivity (Wildman–Crippen MR) is 141 cm³/mol. The minimum atomic E-state index is -0.617. The molecule has 1 aromatic heterocycles. The number of pyridine rings is 1. The molecule has 1 unspecified atom stereocenters. The fourth-order valence-corrected chi connectivity index (χ4v) is 6.82. The lowest BCUT2D eigenvalue weighted by atomic mass is 9.51. The summed E-state index contributed by atoms with van der Waals surface area (Å²) in [4.78, 5) is 32.2. The van der Waals surface area contributed by atoms with Gasteiger partial charge in [0.2, 0.25) is 5.91 Å². The number of carbonyl (C=O) groups is 2. The highest BCUT2D eigenvalue weighted by Crippen LogP contribution is 2.55. The lowest BCUT2D eigenvalue weighted by molar-refractivity contribution is -0.149. The quantitative estimate of drug-likeness (QED) is 0.617. The molecule has 1 aromatic carbocycles. The van der Waals surface area contributed by atoms with Crippen LogP contribution in [0.5, 0.6) is 0 Å². The van der Waals surface area contributed by atoms with Crippen molar-refractivity contribution in [2.24, 2.45) is 29.1 Å². The highest BCUT2D eigenvalue weighted by atomic mass is 16.3. The Hall–Kier alpha value is -3.24. The molecule has 2 N–H and O–H groups in total. The van der Waals surface area contributed by atoms with Crippen LogP contribution >= 0.6 is 0 Å². The fraction of sp³-hybridized carbons (Fsp3) is 0.533. The van der Waals surface area contributed by atoms with Crippen molar-refractivity contribution in [3.63, 3.8) is 0 Å². The van der Waals surface area contributed by atoms with Gasteiger partial charge in [0.05, 0.1) is 17.7 Å². The van der Waals surface area contributed by atoms with Gasteiger partial charge in [-0.15, -0.1) is 0 Å². The maximum atomic E-state index is 13.3. The van der Waals surface area contributed by atoms with E-state index in [9.17, 15) is 14.7 Å². The molecule has 2 amide bonds. The Morgan fingerprint density at radius 3 is 2.59 bits per heavy atom. The molecule has 0 spiro atoms. The summed E-state index contributed by atoms with van der Waals surface area (Å²) in [5.41, 5.74) is 2.00. The molecule has 0 aliphatic heterocycles. The zero-order valence-corrected chi connectivity index (χ0v) is 22.2. The molecule has 196 valence electrons. The number of fused-ring (bicyclic) bond motifs is 1. The van der Waals surface area contributed by atoms with Crippen molar-refractivity contribution in [2.45, 2.75) is 65.1 Å². The summed E-state index contributed by atoms with van der Waals surface area (Å²) in [5, 5.41) is 23.9. The number of nitriles is 1. The Morgan fingerprint density at radius 1 is 1.24 bits per heavy atom. The Kier molecular flexibility index (Phi) is 7.99. The van der Waals surface area contributed by atoms with E-state index in [1.165, 1.54) is 0 Å². The van der Waals surface area contributed by atoms with E-state index in [1.807, 2.05) is 26.1 Å². The van der Waals surface area contributed by atoms with Gasteiger partial charge in [0.25, 0.3) is 5.91 Å². The molecule has 2 aliphatic carbocycles.